The number of nitrogens with zero attached hydrogens (tertiary/aromatic N) is 1. The molecule has 0 aliphatic heterocycles. The van der Waals surface area contributed by atoms with Crippen LogP contribution in [0.15, 0.2) is 126 Å². The number of guanidine groups is 1. The lowest BCUT2D eigenvalue weighted by Crippen LogP contribution is -2.27. The summed E-state index contributed by atoms with van der Waals surface area (Å²) in [4.78, 5) is 34.8. The largest absolute Gasteiger partial charge is 0.480 e. The summed E-state index contributed by atoms with van der Waals surface area (Å²) in [5.41, 5.74) is 15.0. The second-order valence-corrected chi connectivity index (χ2v) is 11.4. The van der Waals surface area contributed by atoms with Crippen LogP contribution in [0, 0.1) is 0 Å². The average Bonchev–Trinajstić information content (AvgIpc) is 3.13. The standard InChI is InChI=1S/C17H19NO2.C16H17NO2.C6H14N4O2/c19-17(20)13-18-12-11-16(14-7-3-1-4-8-14)15-9-5-2-6-10-15;18-16(19)12-17-11-15(13-7-3-1-4-8-13)14-9-5-2-6-10-14;7-6(8)10-3-1-2-9-4-5(11)12/h1-10,16,18H,11-13H2,(H,19,20);1-10,15,17H,11-12H2,(H,18,19);9H,1-4H2,(H,11,12)(H4,7,8,10). The number of rotatable bonds is 19. The van der Waals surface area contributed by atoms with Crippen LogP contribution in [0.4, 0.5) is 0 Å². The molecule has 0 bridgehead atoms. The van der Waals surface area contributed by atoms with Crippen molar-refractivity contribution < 1.29 is 29.7 Å². The van der Waals surface area contributed by atoms with Crippen LogP contribution in [0.2, 0.25) is 0 Å². The van der Waals surface area contributed by atoms with Crippen LogP contribution in [-0.2, 0) is 14.4 Å². The van der Waals surface area contributed by atoms with Gasteiger partial charge in [-0.3, -0.25) is 19.4 Å². The molecular formula is C39H50N6O6. The summed E-state index contributed by atoms with van der Waals surface area (Å²) in [6.45, 7) is 2.38. The zero-order chi connectivity index (χ0) is 37.1. The smallest absolute Gasteiger partial charge is 0.317 e. The zero-order valence-electron chi connectivity index (χ0n) is 28.7. The molecule has 0 aliphatic carbocycles. The number of aliphatic imine (C=N–C) groups is 1. The number of carboxylic acids is 3. The molecule has 0 unspecified atom stereocenters. The van der Waals surface area contributed by atoms with E-state index in [2.05, 4.69) is 69.5 Å². The number of nitrogens with two attached hydrogens (primary N) is 2. The van der Waals surface area contributed by atoms with Crippen LogP contribution in [0.5, 0.6) is 0 Å². The van der Waals surface area contributed by atoms with Crippen molar-refractivity contribution in [2.45, 2.75) is 24.7 Å². The molecule has 51 heavy (non-hydrogen) atoms. The van der Waals surface area contributed by atoms with Gasteiger partial charge in [-0.25, -0.2) is 0 Å². The predicted molar refractivity (Wildman–Crippen MR) is 201 cm³/mol. The minimum absolute atomic E-state index is 0.0102. The predicted octanol–water partition coefficient (Wildman–Crippen LogP) is 3.70. The average molecular weight is 699 g/mol. The first-order chi connectivity index (χ1) is 24.7. The summed E-state index contributed by atoms with van der Waals surface area (Å²) < 4.78 is 0. The van der Waals surface area contributed by atoms with Crippen molar-refractivity contribution in [1.29, 1.82) is 0 Å². The molecule has 272 valence electrons. The summed E-state index contributed by atoms with van der Waals surface area (Å²) >= 11 is 0. The van der Waals surface area contributed by atoms with Gasteiger partial charge in [-0.15, -0.1) is 0 Å². The first-order valence-corrected chi connectivity index (χ1v) is 16.7. The van der Waals surface area contributed by atoms with Crippen LogP contribution in [0.1, 0.15) is 46.9 Å². The van der Waals surface area contributed by atoms with Crippen molar-refractivity contribution in [2.24, 2.45) is 16.5 Å². The fraction of sp³-hybridized carbons (Fsp3) is 0.282. The fourth-order valence-corrected chi connectivity index (χ4v) is 5.07. The quantitative estimate of drug-likeness (QED) is 0.0402. The molecule has 0 heterocycles. The molecule has 0 saturated carbocycles. The highest BCUT2D eigenvalue weighted by molar-refractivity contribution is 5.75. The number of carboxylic acid groups (broad SMARTS) is 3. The molecule has 0 atom stereocenters. The molecule has 0 aromatic heterocycles. The second kappa shape index (κ2) is 25.4. The van der Waals surface area contributed by atoms with E-state index in [1.54, 1.807) is 0 Å². The third-order valence-corrected chi connectivity index (χ3v) is 7.40. The van der Waals surface area contributed by atoms with Crippen LogP contribution in [-0.4, -0.2) is 85.0 Å². The molecule has 12 nitrogen and oxygen atoms in total. The summed E-state index contributed by atoms with van der Waals surface area (Å²) in [5, 5.41) is 34.2. The van der Waals surface area contributed by atoms with Gasteiger partial charge in [0, 0.05) is 24.9 Å². The van der Waals surface area contributed by atoms with Crippen LogP contribution >= 0.6 is 0 Å². The molecule has 0 fully saturated rings. The van der Waals surface area contributed by atoms with Gasteiger partial charge in [0.1, 0.15) is 0 Å². The van der Waals surface area contributed by atoms with Gasteiger partial charge in [-0.05, 0) is 48.2 Å². The molecule has 4 aromatic rings. The van der Waals surface area contributed by atoms with Crippen molar-refractivity contribution >= 4 is 23.9 Å². The Morgan fingerprint density at radius 2 is 0.882 bits per heavy atom. The Morgan fingerprint density at radius 1 is 0.529 bits per heavy atom. The number of nitrogens with one attached hydrogen (secondary N) is 3. The molecule has 12 heteroatoms. The minimum Gasteiger partial charge on any atom is -0.480 e. The van der Waals surface area contributed by atoms with Crippen molar-refractivity contribution in [2.75, 3.05) is 45.8 Å². The molecular weight excluding hydrogens is 648 g/mol. The molecule has 4 aromatic carbocycles. The summed E-state index contributed by atoms with van der Waals surface area (Å²) in [6, 6.07) is 40.9. The first kappa shape index (κ1) is 41.6. The maximum absolute atomic E-state index is 10.6. The van der Waals surface area contributed by atoms with Gasteiger partial charge in [-0.1, -0.05) is 121 Å². The van der Waals surface area contributed by atoms with Gasteiger partial charge < -0.3 is 42.7 Å². The lowest BCUT2D eigenvalue weighted by atomic mass is 9.88. The first-order valence-electron chi connectivity index (χ1n) is 16.7. The Labute approximate surface area is 299 Å². The molecule has 4 rings (SSSR count). The summed E-state index contributed by atoms with van der Waals surface area (Å²) in [6.07, 6.45) is 1.60. The van der Waals surface area contributed by atoms with Crippen LogP contribution < -0.4 is 27.4 Å². The number of benzene rings is 4. The van der Waals surface area contributed by atoms with E-state index >= 15 is 0 Å². The van der Waals surface area contributed by atoms with Gasteiger partial charge in [0.25, 0.3) is 0 Å². The Bertz CT molecular complexity index is 1480. The number of carbonyl (C=O) groups is 3. The molecule has 0 aliphatic rings. The van der Waals surface area contributed by atoms with E-state index in [1.807, 2.05) is 72.8 Å². The van der Waals surface area contributed by atoms with Crippen molar-refractivity contribution in [3.05, 3.63) is 144 Å². The highest BCUT2D eigenvalue weighted by Gasteiger charge is 2.14. The lowest BCUT2D eigenvalue weighted by molar-refractivity contribution is -0.136. The SMILES string of the molecule is NC(N)=NCCCNCC(=O)O.O=C(O)CNCC(c1ccccc1)c1ccccc1.O=C(O)CNCCC(c1ccccc1)c1ccccc1. The van der Waals surface area contributed by atoms with Gasteiger partial charge >= 0.3 is 17.9 Å². The summed E-state index contributed by atoms with van der Waals surface area (Å²) in [5.74, 6) is -1.99. The third-order valence-electron chi connectivity index (χ3n) is 7.40. The lowest BCUT2D eigenvalue weighted by Gasteiger charge is -2.18. The Hall–Kier alpha value is -5.56. The monoisotopic (exact) mass is 698 g/mol. The van der Waals surface area contributed by atoms with Gasteiger partial charge in [-0.2, -0.15) is 0 Å². The Morgan fingerprint density at radius 3 is 1.25 bits per heavy atom. The van der Waals surface area contributed by atoms with Crippen molar-refractivity contribution in [1.82, 2.24) is 16.0 Å². The van der Waals surface area contributed by atoms with E-state index in [0.29, 0.717) is 32.1 Å². The zero-order valence-corrected chi connectivity index (χ0v) is 28.7. The van der Waals surface area contributed by atoms with E-state index < -0.39 is 17.9 Å². The second-order valence-electron chi connectivity index (χ2n) is 11.4. The van der Waals surface area contributed by atoms with Gasteiger partial charge in [0.05, 0.1) is 19.6 Å². The topological polar surface area (TPSA) is 212 Å². The molecule has 0 saturated heterocycles. The maximum Gasteiger partial charge on any atom is 0.317 e. The van der Waals surface area contributed by atoms with Crippen molar-refractivity contribution in [3.63, 3.8) is 0 Å². The minimum atomic E-state index is -0.864. The molecule has 0 spiro atoms. The van der Waals surface area contributed by atoms with Gasteiger partial charge in [0.2, 0.25) is 0 Å². The third kappa shape index (κ3) is 19.3. The molecule has 0 radical (unpaired) electrons. The van der Waals surface area contributed by atoms with E-state index in [9.17, 15) is 14.4 Å². The number of hydrogen-bond acceptors (Lipinski definition) is 7. The normalized spacial score (nSPS) is 10.3. The Balaban J connectivity index is 0.000000275. The summed E-state index contributed by atoms with van der Waals surface area (Å²) in [7, 11) is 0. The van der Waals surface area contributed by atoms with Crippen molar-refractivity contribution in [3.8, 4) is 0 Å². The highest BCUT2D eigenvalue weighted by Crippen LogP contribution is 2.27. The van der Waals surface area contributed by atoms with Crippen LogP contribution in [0.3, 0.4) is 0 Å². The highest BCUT2D eigenvalue weighted by atomic mass is 16.4. The Kier molecular flexibility index (Phi) is 20.7. The van der Waals surface area contributed by atoms with Crippen LogP contribution in [0.25, 0.3) is 0 Å². The van der Waals surface area contributed by atoms with E-state index in [-0.39, 0.29) is 31.5 Å². The number of hydrogen-bond donors (Lipinski definition) is 8. The molecule has 0 amide bonds. The van der Waals surface area contributed by atoms with E-state index in [0.717, 1.165) is 12.8 Å². The van der Waals surface area contributed by atoms with E-state index in [1.165, 1.54) is 22.3 Å². The molecule has 10 N–H and O–H groups in total. The van der Waals surface area contributed by atoms with Gasteiger partial charge in [0.15, 0.2) is 5.96 Å². The maximum atomic E-state index is 10.6. The fourth-order valence-electron chi connectivity index (χ4n) is 5.07. The van der Waals surface area contributed by atoms with E-state index in [4.69, 9.17) is 26.8 Å². The number of aliphatic carboxylic acids is 3.